The van der Waals surface area contributed by atoms with Crippen LogP contribution in [0.4, 0.5) is 5.82 Å². The third-order valence-corrected chi connectivity index (χ3v) is 2.20. The van der Waals surface area contributed by atoms with E-state index in [1.54, 1.807) is 0 Å². The molecule has 0 unspecified atom stereocenters. The molecule has 0 atom stereocenters. The van der Waals surface area contributed by atoms with Gasteiger partial charge in [-0.05, 0) is 26.2 Å². The fourth-order valence-corrected chi connectivity index (χ4v) is 1.43. The molecule has 3 heteroatoms. The predicted octanol–water partition coefficient (Wildman–Crippen LogP) is 2.81. The Balaban J connectivity index is 2.70. The van der Waals surface area contributed by atoms with E-state index in [9.17, 15) is 0 Å². The van der Waals surface area contributed by atoms with E-state index in [0.717, 1.165) is 36.7 Å². The topological polar surface area (TPSA) is 37.8 Å². The van der Waals surface area contributed by atoms with Gasteiger partial charge >= 0.3 is 0 Å². The largest absolute Gasteiger partial charge is 0.370 e. The Kier molecular flexibility index (Phi) is 4.53. The highest BCUT2D eigenvalue weighted by Crippen LogP contribution is 2.10. The first-order valence-electron chi connectivity index (χ1n) is 5.70. The summed E-state index contributed by atoms with van der Waals surface area (Å²) in [5, 5.41) is 3.23. The molecular formula is C12H21N3. The van der Waals surface area contributed by atoms with Gasteiger partial charge in [0.05, 0.1) is 0 Å². The summed E-state index contributed by atoms with van der Waals surface area (Å²) in [6.07, 6.45) is 2.12. The van der Waals surface area contributed by atoms with Gasteiger partial charge in [-0.1, -0.05) is 13.8 Å². The maximum atomic E-state index is 4.47. The van der Waals surface area contributed by atoms with E-state index in [0.29, 0.717) is 5.92 Å². The molecule has 0 saturated heterocycles. The number of nitrogens with zero attached hydrogens (tertiary/aromatic N) is 2. The summed E-state index contributed by atoms with van der Waals surface area (Å²) in [5.74, 6) is 2.61. The maximum absolute atomic E-state index is 4.47. The van der Waals surface area contributed by atoms with E-state index >= 15 is 0 Å². The van der Waals surface area contributed by atoms with Crippen molar-refractivity contribution in [2.24, 2.45) is 5.92 Å². The van der Waals surface area contributed by atoms with Gasteiger partial charge in [0.15, 0.2) is 0 Å². The fourth-order valence-electron chi connectivity index (χ4n) is 1.43. The molecule has 0 bridgehead atoms. The van der Waals surface area contributed by atoms with Crippen molar-refractivity contribution in [3.63, 3.8) is 0 Å². The zero-order valence-electron chi connectivity index (χ0n) is 10.2. The van der Waals surface area contributed by atoms with Crippen LogP contribution in [0.5, 0.6) is 0 Å². The Hall–Kier alpha value is -1.12. The highest BCUT2D eigenvalue weighted by atomic mass is 15.0. The molecule has 0 saturated carbocycles. The van der Waals surface area contributed by atoms with E-state index in [4.69, 9.17) is 0 Å². The minimum atomic E-state index is 0.705. The Morgan fingerprint density at radius 2 is 2.07 bits per heavy atom. The van der Waals surface area contributed by atoms with Crippen LogP contribution >= 0.6 is 0 Å². The van der Waals surface area contributed by atoms with Crippen molar-refractivity contribution in [3.05, 3.63) is 17.6 Å². The summed E-state index contributed by atoms with van der Waals surface area (Å²) in [5.41, 5.74) is 1.04. The Morgan fingerprint density at radius 3 is 2.67 bits per heavy atom. The number of anilines is 1. The minimum Gasteiger partial charge on any atom is -0.370 e. The molecule has 0 aliphatic rings. The summed E-state index contributed by atoms with van der Waals surface area (Å²) < 4.78 is 0. The van der Waals surface area contributed by atoms with E-state index in [1.165, 1.54) is 0 Å². The molecule has 0 aromatic carbocycles. The quantitative estimate of drug-likeness (QED) is 0.806. The van der Waals surface area contributed by atoms with Crippen molar-refractivity contribution in [2.45, 2.75) is 40.5 Å². The third kappa shape index (κ3) is 4.28. The van der Waals surface area contributed by atoms with Crippen LogP contribution in [0.3, 0.4) is 0 Å². The molecule has 0 aliphatic carbocycles. The van der Waals surface area contributed by atoms with Gasteiger partial charge in [-0.2, -0.15) is 0 Å². The molecule has 1 heterocycles. The number of hydrogen-bond donors (Lipinski definition) is 1. The summed E-state index contributed by atoms with van der Waals surface area (Å²) in [6, 6.07) is 1.99. The van der Waals surface area contributed by atoms with Crippen LogP contribution in [0.2, 0.25) is 0 Å². The highest BCUT2D eigenvalue weighted by molar-refractivity contribution is 5.35. The Labute approximate surface area is 92.3 Å². The Morgan fingerprint density at radius 1 is 1.33 bits per heavy atom. The molecule has 15 heavy (non-hydrogen) atoms. The van der Waals surface area contributed by atoms with E-state index in [1.807, 2.05) is 13.0 Å². The molecule has 3 nitrogen and oxygen atoms in total. The molecule has 1 aromatic rings. The maximum Gasteiger partial charge on any atom is 0.130 e. The van der Waals surface area contributed by atoms with Gasteiger partial charge < -0.3 is 5.32 Å². The number of hydrogen-bond acceptors (Lipinski definition) is 3. The zero-order chi connectivity index (χ0) is 11.3. The second-order valence-corrected chi connectivity index (χ2v) is 4.27. The molecule has 1 N–H and O–H groups in total. The lowest BCUT2D eigenvalue weighted by Gasteiger charge is -2.07. The second kappa shape index (κ2) is 5.69. The average molecular weight is 207 g/mol. The number of nitrogens with one attached hydrogen (secondary N) is 1. The van der Waals surface area contributed by atoms with Crippen molar-refractivity contribution in [1.29, 1.82) is 0 Å². The third-order valence-electron chi connectivity index (χ3n) is 2.20. The van der Waals surface area contributed by atoms with Crippen LogP contribution in [-0.4, -0.2) is 16.5 Å². The highest BCUT2D eigenvalue weighted by Gasteiger charge is 2.03. The van der Waals surface area contributed by atoms with Crippen molar-refractivity contribution < 1.29 is 0 Å². The first kappa shape index (κ1) is 12.0. The lowest BCUT2D eigenvalue weighted by atomic mass is 10.1. The van der Waals surface area contributed by atoms with E-state index in [2.05, 4.69) is 36.1 Å². The van der Waals surface area contributed by atoms with Gasteiger partial charge in [-0.15, -0.1) is 0 Å². The van der Waals surface area contributed by atoms with Crippen LogP contribution in [0.15, 0.2) is 6.07 Å². The number of aromatic nitrogens is 2. The molecule has 84 valence electrons. The standard InChI is InChI=1S/C12H21N3/c1-5-13-12-8-10(4)14-11(15-12)7-6-9(2)3/h8-9H,5-7H2,1-4H3,(H,13,14,15). The molecule has 1 rings (SSSR count). The van der Waals surface area contributed by atoms with Crippen LogP contribution in [0.1, 0.15) is 38.7 Å². The van der Waals surface area contributed by atoms with E-state index < -0.39 is 0 Å². The second-order valence-electron chi connectivity index (χ2n) is 4.27. The smallest absolute Gasteiger partial charge is 0.130 e. The lowest BCUT2D eigenvalue weighted by Crippen LogP contribution is -2.05. The van der Waals surface area contributed by atoms with Gasteiger partial charge in [0.25, 0.3) is 0 Å². The van der Waals surface area contributed by atoms with Gasteiger partial charge in [0.1, 0.15) is 11.6 Å². The summed E-state index contributed by atoms with van der Waals surface area (Å²) >= 11 is 0. The number of rotatable bonds is 5. The van der Waals surface area contributed by atoms with Gasteiger partial charge in [0, 0.05) is 24.7 Å². The van der Waals surface area contributed by atoms with Gasteiger partial charge in [-0.3, -0.25) is 0 Å². The summed E-state index contributed by atoms with van der Waals surface area (Å²) in [6.45, 7) is 9.44. The van der Waals surface area contributed by atoms with Crippen LogP contribution < -0.4 is 5.32 Å². The first-order chi connectivity index (χ1) is 7.11. The minimum absolute atomic E-state index is 0.705. The van der Waals surface area contributed by atoms with Crippen LogP contribution in [0.25, 0.3) is 0 Å². The van der Waals surface area contributed by atoms with Gasteiger partial charge in [0.2, 0.25) is 0 Å². The van der Waals surface area contributed by atoms with Crippen LogP contribution in [-0.2, 0) is 6.42 Å². The lowest BCUT2D eigenvalue weighted by molar-refractivity contribution is 0.574. The molecular weight excluding hydrogens is 186 g/mol. The average Bonchev–Trinajstić information content (AvgIpc) is 2.14. The molecule has 0 amide bonds. The van der Waals surface area contributed by atoms with Crippen molar-refractivity contribution in [1.82, 2.24) is 9.97 Å². The molecule has 0 radical (unpaired) electrons. The number of aryl methyl sites for hydroxylation is 2. The van der Waals surface area contributed by atoms with E-state index in [-0.39, 0.29) is 0 Å². The summed E-state index contributed by atoms with van der Waals surface area (Å²) in [4.78, 5) is 8.91. The normalized spacial score (nSPS) is 10.7. The molecule has 0 aliphatic heterocycles. The molecule has 0 fully saturated rings. The zero-order valence-corrected chi connectivity index (χ0v) is 10.2. The predicted molar refractivity (Wildman–Crippen MR) is 64.1 cm³/mol. The monoisotopic (exact) mass is 207 g/mol. The van der Waals surface area contributed by atoms with Crippen molar-refractivity contribution in [3.8, 4) is 0 Å². The molecule has 1 aromatic heterocycles. The van der Waals surface area contributed by atoms with Crippen molar-refractivity contribution in [2.75, 3.05) is 11.9 Å². The van der Waals surface area contributed by atoms with Gasteiger partial charge in [-0.25, -0.2) is 9.97 Å². The SMILES string of the molecule is CCNc1cc(C)nc(CCC(C)C)n1. The van der Waals surface area contributed by atoms with Crippen molar-refractivity contribution >= 4 is 5.82 Å². The molecule has 0 spiro atoms. The summed E-state index contributed by atoms with van der Waals surface area (Å²) in [7, 11) is 0. The fraction of sp³-hybridized carbons (Fsp3) is 0.667. The Bertz CT molecular complexity index is 308. The first-order valence-corrected chi connectivity index (χ1v) is 5.70. The van der Waals surface area contributed by atoms with Crippen LogP contribution in [0, 0.1) is 12.8 Å².